The van der Waals surface area contributed by atoms with Gasteiger partial charge >= 0.3 is 5.97 Å². The van der Waals surface area contributed by atoms with Crippen LogP contribution in [-0.4, -0.2) is 18.8 Å². The van der Waals surface area contributed by atoms with Crippen molar-refractivity contribution in [2.24, 2.45) is 5.16 Å². The number of nitrogens with zero attached hydrogens (tertiary/aromatic N) is 1. The maximum atomic E-state index is 11.2. The van der Waals surface area contributed by atoms with E-state index in [1.807, 2.05) is 36.4 Å². The SMILES string of the molecule is COC(=O)C(C)=NOc1ccccc1Oc1ccccc1. The van der Waals surface area contributed by atoms with Gasteiger partial charge in [-0.2, -0.15) is 0 Å². The van der Waals surface area contributed by atoms with Gasteiger partial charge in [-0.1, -0.05) is 35.5 Å². The van der Waals surface area contributed by atoms with Crippen molar-refractivity contribution in [1.82, 2.24) is 0 Å². The summed E-state index contributed by atoms with van der Waals surface area (Å²) in [6, 6.07) is 16.4. The van der Waals surface area contributed by atoms with E-state index < -0.39 is 5.97 Å². The Bertz CT molecular complexity index is 638. The molecular formula is C16H15NO4. The molecule has 0 spiro atoms. The molecular weight excluding hydrogens is 270 g/mol. The Morgan fingerprint density at radius 2 is 1.57 bits per heavy atom. The Kier molecular flexibility index (Phi) is 4.93. The van der Waals surface area contributed by atoms with Crippen molar-refractivity contribution in [1.29, 1.82) is 0 Å². The second kappa shape index (κ2) is 7.09. The first kappa shape index (κ1) is 14.6. The minimum absolute atomic E-state index is 0.118. The van der Waals surface area contributed by atoms with Crippen molar-refractivity contribution in [3.63, 3.8) is 0 Å². The number of oxime groups is 1. The van der Waals surface area contributed by atoms with E-state index >= 15 is 0 Å². The monoisotopic (exact) mass is 285 g/mol. The topological polar surface area (TPSA) is 57.1 Å². The zero-order valence-electron chi connectivity index (χ0n) is 11.8. The molecule has 21 heavy (non-hydrogen) atoms. The summed E-state index contributed by atoms with van der Waals surface area (Å²) >= 11 is 0. The lowest BCUT2D eigenvalue weighted by Gasteiger charge is -2.09. The molecule has 0 aromatic heterocycles. The van der Waals surface area contributed by atoms with Gasteiger partial charge in [0.1, 0.15) is 5.75 Å². The van der Waals surface area contributed by atoms with Crippen LogP contribution in [0.15, 0.2) is 59.8 Å². The van der Waals surface area contributed by atoms with Crippen molar-refractivity contribution in [3.05, 3.63) is 54.6 Å². The van der Waals surface area contributed by atoms with E-state index in [9.17, 15) is 4.79 Å². The minimum atomic E-state index is -0.545. The highest BCUT2D eigenvalue weighted by Gasteiger charge is 2.09. The van der Waals surface area contributed by atoms with E-state index in [1.54, 1.807) is 18.2 Å². The van der Waals surface area contributed by atoms with Crippen LogP contribution in [0.25, 0.3) is 0 Å². The normalized spacial score (nSPS) is 10.9. The number of rotatable bonds is 5. The zero-order chi connectivity index (χ0) is 15.1. The number of para-hydroxylation sites is 3. The standard InChI is InChI=1S/C16H15NO4/c1-12(16(18)19-2)17-21-15-11-7-6-10-14(15)20-13-8-4-3-5-9-13/h3-11H,1-2H3. The Morgan fingerprint density at radius 3 is 2.24 bits per heavy atom. The Hall–Kier alpha value is -2.82. The molecule has 0 bridgehead atoms. The van der Waals surface area contributed by atoms with Crippen LogP contribution in [0.4, 0.5) is 0 Å². The van der Waals surface area contributed by atoms with Crippen LogP contribution in [0.5, 0.6) is 17.2 Å². The molecule has 0 atom stereocenters. The largest absolute Gasteiger partial charge is 0.464 e. The van der Waals surface area contributed by atoms with Crippen molar-refractivity contribution in [2.75, 3.05) is 7.11 Å². The molecule has 108 valence electrons. The number of benzene rings is 2. The summed E-state index contributed by atoms with van der Waals surface area (Å²) in [5, 5.41) is 3.73. The van der Waals surface area contributed by atoms with Crippen molar-refractivity contribution in [3.8, 4) is 17.2 Å². The zero-order valence-corrected chi connectivity index (χ0v) is 11.8. The van der Waals surface area contributed by atoms with Crippen molar-refractivity contribution < 1.29 is 19.1 Å². The predicted molar refractivity (Wildman–Crippen MR) is 78.7 cm³/mol. The van der Waals surface area contributed by atoms with Gasteiger partial charge in [-0.3, -0.25) is 0 Å². The number of hydrogen-bond donors (Lipinski definition) is 0. The number of carbonyl (C=O) groups is 1. The molecule has 0 aliphatic heterocycles. The second-order valence-electron chi connectivity index (χ2n) is 4.12. The van der Waals surface area contributed by atoms with Crippen LogP contribution >= 0.6 is 0 Å². The van der Waals surface area contributed by atoms with E-state index in [0.29, 0.717) is 17.2 Å². The van der Waals surface area contributed by atoms with E-state index in [-0.39, 0.29) is 5.71 Å². The molecule has 0 aliphatic rings. The molecule has 0 amide bonds. The third-order valence-corrected chi connectivity index (χ3v) is 2.58. The fourth-order valence-electron chi connectivity index (χ4n) is 1.53. The Labute approximate surface area is 122 Å². The van der Waals surface area contributed by atoms with E-state index in [4.69, 9.17) is 9.57 Å². The highest BCUT2D eigenvalue weighted by atomic mass is 16.6. The fourth-order valence-corrected chi connectivity index (χ4v) is 1.53. The van der Waals surface area contributed by atoms with Gasteiger partial charge in [0.15, 0.2) is 17.2 Å². The number of methoxy groups -OCH3 is 1. The first-order valence-electron chi connectivity index (χ1n) is 6.32. The average Bonchev–Trinajstić information content (AvgIpc) is 2.54. The van der Waals surface area contributed by atoms with Crippen molar-refractivity contribution >= 4 is 11.7 Å². The molecule has 0 saturated heterocycles. The summed E-state index contributed by atoms with van der Waals surface area (Å²) in [7, 11) is 1.29. The number of hydrogen-bond acceptors (Lipinski definition) is 5. The molecule has 0 N–H and O–H groups in total. The van der Waals surface area contributed by atoms with Gasteiger partial charge in [0, 0.05) is 0 Å². The molecule has 2 aromatic carbocycles. The van der Waals surface area contributed by atoms with Crippen LogP contribution in [-0.2, 0) is 9.53 Å². The molecule has 0 unspecified atom stereocenters. The number of carbonyl (C=O) groups excluding carboxylic acids is 1. The van der Waals surface area contributed by atoms with Gasteiger partial charge in [0.05, 0.1) is 7.11 Å². The van der Waals surface area contributed by atoms with Crippen LogP contribution in [0.3, 0.4) is 0 Å². The molecule has 2 rings (SSSR count). The van der Waals surface area contributed by atoms with Crippen molar-refractivity contribution in [2.45, 2.75) is 6.92 Å². The van der Waals surface area contributed by atoms with Gasteiger partial charge in [-0.15, -0.1) is 0 Å². The van der Waals surface area contributed by atoms with Crippen LogP contribution in [0.1, 0.15) is 6.92 Å². The average molecular weight is 285 g/mol. The summed E-state index contributed by atoms with van der Waals surface area (Å²) in [6.45, 7) is 1.51. The molecule has 0 aliphatic carbocycles. The van der Waals surface area contributed by atoms with Gasteiger partial charge in [-0.25, -0.2) is 4.79 Å². The molecule has 5 nitrogen and oxygen atoms in total. The summed E-state index contributed by atoms with van der Waals surface area (Å²) in [5.41, 5.74) is 0.118. The Morgan fingerprint density at radius 1 is 0.952 bits per heavy atom. The molecule has 0 heterocycles. The number of esters is 1. The van der Waals surface area contributed by atoms with Gasteiger partial charge < -0.3 is 14.3 Å². The van der Waals surface area contributed by atoms with Gasteiger partial charge in [0.25, 0.3) is 0 Å². The second-order valence-corrected chi connectivity index (χ2v) is 4.12. The molecule has 0 radical (unpaired) electrons. The summed E-state index contributed by atoms with van der Waals surface area (Å²) in [6.07, 6.45) is 0. The fraction of sp³-hybridized carbons (Fsp3) is 0.125. The van der Waals surface area contributed by atoms with Gasteiger partial charge in [-0.05, 0) is 31.2 Å². The molecule has 0 saturated carbocycles. The summed E-state index contributed by atoms with van der Waals surface area (Å²) in [4.78, 5) is 16.5. The summed E-state index contributed by atoms with van der Waals surface area (Å²) < 4.78 is 10.3. The lowest BCUT2D eigenvalue weighted by Crippen LogP contribution is -2.12. The quantitative estimate of drug-likeness (QED) is 0.480. The first-order valence-corrected chi connectivity index (χ1v) is 6.32. The number of ether oxygens (including phenoxy) is 2. The Balaban J connectivity index is 2.16. The van der Waals surface area contributed by atoms with Crippen LogP contribution in [0.2, 0.25) is 0 Å². The highest BCUT2D eigenvalue weighted by molar-refractivity contribution is 6.35. The molecule has 0 fully saturated rings. The van der Waals surface area contributed by atoms with Crippen LogP contribution < -0.4 is 9.57 Å². The predicted octanol–water partition coefficient (Wildman–Crippen LogP) is 3.41. The maximum Gasteiger partial charge on any atom is 0.355 e. The third-order valence-electron chi connectivity index (χ3n) is 2.58. The van der Waals surface area contributed by atoms with Crippen LogP contribution in [0, 0.1) is 0 Å². The lowest BCUT2D eigenvalue weighted by atomic mass is 10.3. The van der Waals surface area contributed by atoms with E-state index in [2.05, 4.69) is 9.89 Å². The van der Waals surface area contributed by atoms with E-state index in [1.165, 1.54) is 14.0 Å². The highest BCUT2D eigenvalue weighted by Crippen LogP contribution is 2.31. The smallest absolute Gasteiger partial charge is 0.355 e. The first-order chi connectivity index (χ1) is 10.2. The third kappa shape index (κ3) is 4.07. The molecule has 5 heteroatoms. The minimum Gasteiger partial charge on any atom is -0.464 e. The summed E-state index contributed by atoms with van der Waals surface area (Å²) in [5.74, 6) is 1.05. The molecule has 2 aromatic rings. The maximum absolute atomic E-state index is 11.2. The van der Waals surface area contributed by atoms with Gasteiger partial charge in [0.2, 0.25) is 0 Å². The lowest BCUT2D eigenvalue weighted by molar-refractivity contribution is -0.132. The van der Waals surface area contributed by atoms with E-state index in [0.717, 1.165) is 0 Å².